The number of thioether (sulfide) groups is 1. The molecule has 1 atom stereocenters. The number of carbonyl (C=O) groups excluding carboxylic acids is 1. The molecule has 0 spiro atoms. The first kappa shape index (κ1) is 15.6. The number of carbonyl (C=O) groups is 2. The number of aliphatic carboxylic acids is 1. The van der Waals surface area contributed by atoms with Crippen molar-refractivity contribution in [3.63, 3.8) is 0 Å². The SMILES string of the molecule is CCC(C)C(=O)Nc1cccc(CSCC(=O)O)c1. The number of rotatable bonds is 7. The first-order chi connectivity index (χ1) is 9.02. The van der Waals surface area contributed by atoms with Gasteiger partial charge in [0.25, 0.3) is 0 Å². The lowest BCUT2D eigenvalue weighted by Crippen LogP contribution is -2.19. The molecule has 19 heavy (non-hydrogen) atoms. The Bertz CT molecular complexity index is 448. The molecule has 1 unspecified atom stereocenters. The molecule has 1 aromatic carbocycles. The van der Waals surface area contributed by atoms with E-state index in [0.717, 1.165) is 17.7 Å². The van der Waals surface area contributed by atoms with Gasteiger partial charge in [-0.15, -0.1) is 11.8 Å². The Morgan fingerprint density at radius 1 is 1.42 bits per heavy atom. The maximum Gasteiger partial charge on any atom is 0.313 e. The summed E-state index contributed by atoms with van der Waals surface area (Å²) in [4.78, 5) is 22.2. The lowest BCUT2D eigenvalue weighted by atomic mass is 10.1. The topological polar surface area (TPSA) is 66.4 Å². The maximum atomic E-state index is 11.8. The summed E-state index contributed by atoms with van der Waals surface area (Å²) in [7, 11) is 0. The van der Waals surface area contributed by atoms with Crippen molar-refractivity contribution in [1.29, 1.82) is 0 Å². The van der Waals surface area contributed by atoms with Crippen LogP contribution in [-0.2, 0) is 15.3 Å². The summed E-state index contributed by atoms with van der Waals surface area (Å²) in [5.74, 6) is -0.0999. The van der Waals surface area contributed by atoms with Gasteiger partial charge in [0.1, 0.15) is 0 Å². The van der Waals surface area contributed by atoms with Crippen molar-refractivity contribution in [2.24, 2.45) is 5.92 Å². The van der Waals surface area contributed by atoms with Crippen LogP contribution in [0.1, 0.15) is 25.8 Å². The largest absolute Gasteiger partial charge is 0.481 e. The quantitative estimate of drug-likeness (QED) is 0.806. The third-order valence-electron chi connectivity index (χ3n) is 2.75. The van der Waals surface area contributed by atoms with Crippen LogP contribution in [0.15, 0.2) is 24.3 Å². The fourth-order valence-corrected chi connectivity index (χ4v) is 2.14. The minimum atomic E-state index is -0.814. The Morgan fingerprint density at radius 2 is 2.16 bits per heavy atom. The number of anilines is 1. The average molecular weight is 281 g/mol. The van der Waals surface area contributed by atoms with Crippen LogP contribution in [0.5, 0.6) is 0 Å². The van der Waals surface area contributed by atoms with E-state index in [0.29, 0.717) is 5.75 Å². The van der Waals surface area contributed by atoms with E-state index in [9.17, 15) is 9.59 Å². The second-order valence-electron chi connectivity index (χ2n) is 4.39. The van der Waals surface area contributed by atoms with Crippen LogP contribution in [0.2, 0.25) is 0 Å². The lowest BCUT2D eigenvalue weighted by molar-refractivity contribution is -0.133. The van der Waals surface area contributed by atoms with E-state index in [1.165, 1.54) is 11.8 Å². The van der Waals surface area contributed by atoms with Gasteiger partial charge in [0, 0.05) is 17.4 Å². The molecule has 4 nitrogen and oxygen atoms in total. The van der Waals surface area contributed by atoms with Gasteiger partial charge in [-0.3, -0.25) is 9.59 Å². The van der Waals surface area contributed by atoms with Gasteiger partial charge in [-0.1, -0.05) is 26.0 Å². The van der Waals surface area contributed by atoms with Gasteiger partial charge in [0.05, 0.1) is 5.75 Å². The molecule has 0 aliphatic heterocycles. The molecule has 1 rings (SSSR count). The number of hydrogen-bond donors (Lipinski definition) is 2. The zero-order valence-corrected chi connectivity index (χ0v) is 12.0. The Labute approximate surface area is 117 Å². The molecule has 0 radical (unpaired) electrons. The molecule has 0 saturated carbocycles. The van der Waals surface area contributed by atoms with Crippen LogP contribution in [-0.4, -0.2) is 22.7 Å². The van der Waals surface area contributed by atoms with Crippen LogP contribution < -0.4 is 5.32 Å². The Hall–Kier alpha value is -1.49. The van der Waals surface area contributed by atoms with Gasteiger partial charge in [-0.2, -0.15) is 0 Å². The second-order valence-corrected chi connectivity index (χ2v) is 5.37. The third kappa shape index (κ3) is 5.79. The minimum Gasteiger partial charge on any atom is -0.481 e. The highest BCUT2D eigenvalue weighted by molar-refractivity contribution is 7.99. The number of benzene rings is 1. The Morgan fingerprint density at radius 3 is 2.79 bits per heavy atom. The highest BCUT2D eigenvalue weighted by atomic mass is 32.2. The molecule has 5 heteroatoms. The predicted octanol–water partition coefficient (Wildman–Crippen LogP) is 2.99. The predicted molar refractivity (Wildman–Crippen MR) is 78.3 cm³/mol. The van der Waals surface area contributed by atoms with Gasteiger partial charge in [-0.05, 0) is 24.1 Å². The molecule has 0 aliphatic carbocycles. The lowest BCUT2D eigenvalue weighted by Gasteiger charge is -2.11. The molecule has 0 fully saturated rings. The molecule has 0 saturated heterocycles. The summed E-state index contributed by atoms with van der Waals surface area (Å²) in [5, 5.41) is 11.4. The fourth-order valence-electron chi connectivity index (χ4n) is 1.45. The molecule has 0 heterocycles. The van der Waals surface area contributed by atoms with Crippen molar-refractivity contribution in [2.75, 3.05) is 11.1 Å². The highest BCUT2D eigenvalue weighted by Crippen LogP contribution is 2.17. The molecular weight excluding hydrogens is 262 g/mol. The van der Waals surface area contributed by atoms with E-state index in [-0.39, 0.29) is 17.6 Å². The summed E-state index contributed by atoms with van der Waals surface area (Å²) < 4.78 is 0. The summed E-state index contributed by atoms with van der Waals surface area (Å²) in [6.45, 7) is 3.87. The van der Waals surface area contributed by atoms with E-state index in [1.54, 1.807) is 0 Å². The fraction of sp³-hybridized carbons (Fsp3) is 0.429. The van der Waals surface area contributed by atoms with Crippen molar-refractivity contribution in [2.45, 2.75) is 26.0 Å². The third-order valence-corrected chi connectivity index (χ3v) is 3.74. The summed E-state index contributed by atoms with van der Waals surface area (Å²) in [6.07, 6.45) is 0.806. The van der Waals surface area contributed by atoms with Gasteiger partial charge in [0.2, 0.25) is 5.91 Å². The van der Waals surface area contributed by atoms with E-state index in [1.807, 2.05) is 38.1 Å². The van der Waals surface area contributed by atoms with Crippen LogP contribution in [0.25, 0.3) is 0 Å². The Kier molecular flexibility index (Phi) is 6.42. The van der Waals surface area contributed by atoms with E-state index in [2.05, 4.69) is 5.32 Å². The first-order valence-electron chi connectivity index (χ1n) is 6.22. The number of carboxylic acids is 1. The molecular formula is C14H19NO3S. The number of carboxylic acid groups (broad SMARTS) is 1. The van der Waals surface area contributed by atoms with E-state index >= 15 is 0 Å². The standard InChI is InChI=1S/C14H19NO3S/c1-3-10(2)14(18)15-12-6-4-5-11(7-12)8-19-9-13(16)17/h4-7,10H,3,8-9H2,1-2H3,(H,15,18)(H,16,17). The summed E-state index contributed by atoms with van der Waals surface area (Å²) >= 11 is 1.34. The van der Waals surface area contributed by atoms with Gasteiger partial charge in [0.15, 0.2) is 0 Å². The summed E-state index contributed by atoms with van der Waals surface area (Å²) in [6, 6.07) is 7.51. The van der Waals surface area contributed by atoms with Crippen molar-refractivity contribution in [1.82, 2.24) is 0 Å². The van der Waals surface area contributed by atoms with Crippen LogP contribution in [0.4, 0.5) is 5.69 Å². The molecule has 0 bridgehead atoms. The molecule has 1 amide bonds. The number of hydrogen-bond acceptors (Lipinski definition) is 3. The van der Waals surface area contributed by atoms with Gasteiger partial charge < -0.3 is 10.4 Å². The number of nitrogens with one attached hydrogen (secondary N) is 1. The highest BCUT2D eigenvalue weighted by Gasteiger charge is 2.10. The molecule has 1 aromatic rings. The van der Waals surface area contributed by atoms with Crippen LogP contribution >= 0.6 is 11.8 Å². The van der Waals surface area contributed by atoms with Gasteiger partial charge >= 0.3 is 5.97 Å². The molecule has 0 aromatic heterocycles. The molecule has 104 valence electrons. The van der Waals surface area contributed by atoms with Crippen LogP contribution in [0, 0.1) is 5.92 Å². The van der Waals surface area contributed by atoms with Crippen molar-refractivity contribution in [3.8, 4) is 0 Å². The van der Waals surface area contributed by atoms with Crippen molar-refractivity contribution < 1.29 is 14.7 Å². The van der Waals surface area contributed by atoms with Gasteiger partial charge in [-0.25, -0.2) is 0 Å². The average Bonchev–Trinajstić information content (AvgIpc) is 2.37. The summed E-state index contributed by atoms with van der Waals surface area (Å²) in [5.41, 5.74) is 1.77. The second kappa shape index (κ2) is 7.84. The Balaban J connectivity index is 2.56. The molecule has 0 aliphatic rings. The monoisotopic (exact) mass is 281 g/mol. The van der Waals surface area contributed by atoms with Crippen molar-refractivity contribution >= 4 is 29.3 Å². The normalized spacial score (nSPS) is 11.9. The first-order valence-corrected chi connectivity index (χ1v) is 7.37. The van der Waals surface area contributed by atoms with Crippen molar-refractivity contribution in [3.05, 3.63) is 29.8 Å². The zero-order valence-electron chi connectivity index (χ0n) is 11.2. The molecule has 2 N–H and O–H groups in total. The minimum absolute atomic E-state index is 0.00922. The van der Waals surface area contributed by atoms with Crippen LogP contribution in [0.3, 0.4) is 0 Å². The zero-order chi connectivity index (χ0) is 14.3. The maximum absolute atomic E-state index is 11.8. The van der Waals surface area contributed by atoms with E-state index in [4.69, 9.17) is 5.11 Å². The smallest absolute Gasteiger partial charge is 0.313 e. The van der Waals surface area contributed by atoms with E-state index < -0.39 is 5.97 Å². The number of amides is 1.